The SMILES string of the molecule is O=C1OC2CC3CCC2C(C3)/C1=C/O. The van der Waals surface area contributed by atoms with Crippen LogP contribution in [0.15, 0.2) is 11.8 Å². The van der Waals surface area contributed by atoms with Crippen LogP contribution >= 0.6 is 0 Å². The van der Waals surface area contributed by atoms with E-state index >= 15 is 0 Å². The van der Waals surface area contributed by atoms with Gasteiger partial charge < -0.3 is 9.84 Å². The van der Waals surface area contributed by atoms with Crippen LogP contribution in [0.4, 0.5) is 0 Å². The first-order valence-electron chi connectivity index (χ1n) is 5.35. The Hall–Kier alpha value is -0.990. The summed E-state index contributed by atoms with van der Waals surface area (Å²) in [4.78, 5) is 11.5. The van der Waals surface area contributed by atoms with E-state index in [0.29, 0.717) is 17.4 Å². The number of carbonyl (C=O) groups excluding carboxylic acids is 1. The first-order valence-corrected chi connectivity index (χ1v) is 5.35. The summed E-state index contributed by atoms with van der Waals surface area (Å²) in [6, 6.07) is 0. The van der Waals surface area contributed by atoms with Crippen molar-refractivity contribution in [1.82, 2.24) is 0 Å². The molecule has 3 heteroatoms. The van der Waals surface area contributed by atoms with E-state index in [9.17, 15) is 4.79 Å². The van der Waals surface area contributed by atoms with Gasteiger partial charge >= 0.3 is 5.97 Å². The van der Waals surface area contributed by atoms with Gasteiger partial charge in [0, 0.05) is 11.8 Å². The highest BCUT2D eigenvalue weighted by Gasteiger charge is 2.50. The van der Waals surface area contributed by atoms with E-state index in [1.807, 2.05) is 0 Å². The van der Waals surface area contributed by atoms with Crippen LogP contribution in [0, 0.1) is 17.8 Å². The second kappa shape index (κ2) is 2.75. The van der Waals surface area contributed by atoms with E-state index < -0.39 is 0 Å². The van der Waals surface area contributed by atoms with Gasteiger partial charge in [0.05, 0.1) is 11.8 Å². The van der Waals surface area contributed by atoms with Gasteiger partial charge in [0.2, 0.25) is 0 Å². The number of rotatable bonds is 0. The van der Waals surface area contributed by atoms with Crippen LogP contribution in [0.2, 0.25) is 0 Å². The van der Waals surface area contributed by atoms with Gasteiger partial charge in [-0.3, -0.25) is 0 Å². The first-order chi connectivity index (χ1) is 6.79. The third-order valence-electron chi connectivity index (χ3n) is 4.09. The Balaban J connectivity index is 1.97. The van der Waals surface area contributed by atoms with Crippen LogP contribution in [0.25, 0.3) is 0 Å². The summed E-state index contributed by atoms with van der Waals surface area (Å²) in [5, 5.41) is 9.04. The Bertz CT molecular complexity index is 308. The Kier molecular flexibility index (Phi) is 1.64. The molecular weight excluding hydrogens is 180 g/mol. The Morgan fingerprint density at radius 1 is 1.36 bits per heavy atom. The molecule has 4 rings (SSSR count). The molecular formula is C11H14O3. The van der Waals surface area contributed by atoms with Crippen LogP contribution < -0.4 is 0 Å². The molecule has 14 heavy (non-hydrogen) atoms. The zero-order valence-corrected chi connectivity index (χ0v) is 7.98. The van der Waals surface area contributed by atoms with Crippen molar-refractivity contribution in [3.05, 3.63) is 11.8 Å². The first kappa shape index (κ1) is 8.33. The van der Waals surface area contributed by atoms with Crippen LogP contribution in [-0.4, -0.2) is 17.2 Å². The number of esters is 1. The van der Waals surface area contributed by atoms with Crippen LogP contribution in [0.5, 0.6) is 0 Å². The predicted octanol–water partition coefficient (Wildman–Crippen LogP) is 1.79. The summed E-state index contributed by atoms with van der Waals surface area (Å²) in [5.74, 6) is 1.17. The number of aliphatic hydroxyl groups excluding tert-OH is 1. The van der Waals surface area contributed by atoms with E-state index in [-0.39, 0.29) is 18.0 Å². The molecule has 1 heterocycles. The lowest BCUT2D eigenvalue weighted by Crippen LogP contribution is -2.49. The van der Waals surface area contributed by atoms with Crippen molar-refractivity contribution in [3.8, 4) is 0 Å². The van der Waals surface area contributed by atoms with Gasteiger partial charge in [0.15, 0.2) is 0 Å². The fourth-order valence-corrected chi connectivity index (χ4v) is 3.44. The minimum atomic E-state index is -0.292. The molecule has 1 saturated heterocycles. The van der Waals surface area contributed by atoms with Crippen molar-refractivity contribution in [3.63, 3.8) is 0 Å². The van der Waals surface area contributed by atoms with Crippen LogP contribution in [-0.2, 0) is 9.53 Å². The summed E-state index contributed by atoms with van der Waals surface area (Å²) in [6.07, 6.45) is 5.65. The number of hydrogen-bond acceptors (Lipinski definition) is 3. The number of fused-ring (bicyclic) bond motifs is 1. The van der Waals surface area contributed by atoms with Crippen LogP contribution in [0.3, 0.4) is 0 Å². The maximum atomic E-state index is 11.5. The van der Waals surface area contributed by atoms with Gasteiger partial charge in [-0.05, 0) is 31.6 Å². The van der Waals surface area contributed by atoms with E-state index in [4.69, 9.17) is 9.84 Å². The van der Waals surface area contributed by atoms with E-state index in [0.717, 1.165) is 25.5 Å². The van der Waals surface area contributed by atoms with Gasteiger partial charge in [-0.2, -0.15) is 0 Å². The highest BCUT2D eigenvalue weighted by atomic mass is 16.5. The van der Waals surface area contributed by atoms with Gasteiger partial charge in [-0.1, -0.05) is 0 Å². The van der Waals surface area contributed by atoms with Crippen molar-refractivity contribution in [1.29, 1.82) is 0 Å². The highest BCUT2D eigenvalue weighted by molar-refractivity contribution is 5.89. The van der Waals surface area contributed by atoms with Gasteiger partial charge in [0.1, 0.15) is 6.10 Å². The summed E-state index contributed by atoms with van der Waals surface area (Å²) in [6.45, 7) is 0. The smallest absolute Gasteiger partial charge is 0.337 e. The number of carbonyl (C=O) groups is 1. The van der Waals surface area contributed by atoms with Crippen molar-refractivity contribution >= 4 is 5.97 Å². The van der Waals surface area contributed by atoms with Gasteiger partial charge in [0.25, 0.3) is 0 Å². The second-order valence-electron chi connectivity index (χ2n) is 4.71. The lowest BCUT2D eigenvalue weighted by molar-refractivity contribution is -0.166. The van der Waals surface area contributed by atoms with E-state index in [1.54, 1.807) is 0 Å². The molecule has 3 aliphatic carbocycles. The standard InChI is InChI=1S/C11H14O3/c12-5-9-8-3-6-1-2-7(8)10(4-6)14-11(9)13/h5-8,10,12H,1-4H2/b9-5-. The molecule has 0 amide bonds. The summed E-state index contributed by atoms with van der Waals surface area (Å²) in [5.41, 5.74) is 0.510. The largest absolute Gasteiger partial charge is 0.515 e. The van der Waals surface area contributed by atoms with Crippen molar-refractivity contribution < 1.29 is 14.6 Å². The van der Waals surface area contributed by atoms with E-state index in [2.05, 4.69) is 0 Å². The van der Waals surface area contributed by atoms with Crippen LogP contribution in [0.1, 0.15) is 25.7 Å². The molecule has 76 valence electrons. The third kappa shape index (κ3) is 0.954. The predicted molar refractivity (Wildman–Crippen MR) is 49.5 cm³/mol. The molecule has 0 aromatic rings. The number of ether oxygens (including phenoxy) is 1. The third-order valence-corrected chi connectivity index (χ3v) is 4.09. The van der Waals surface area contributed by atoms with Gasteiger partial charge in [-0.15, -0.1) is 0 Å². The molecule has 4 unspecified atom stereocenters. The molecule has 3 saturated carbocycles. The summed E-state index contributed by atoms with van der Waals surface area (Å²) < 4.78 is 5.33. The fourth-order valence-electron chi connectivity index (χ4n) is 3.44. The Morgan fingerprint density at radius 2 is 2.21 bits per heavy atom. The monoisotopic (exact) mass is 194 g/mol. The highest BCUT2D eigenvalue weighted by Crippen LogP contribution is 2.51. The molecule has 3 nitrogen and oxygen atoms in total. The molecule has 0 aromatic heterocycles. The average Bonchev–Trinajstić information content (AvgIpc) is 2.18. The number of aliphatic hydroxyl groups is 1. The van der Waals surface area contributed by atoms with Gasteiger partial charge in [-0.25, -0.2) is 4.79 Å². The zero-order chi connectivity index (χ0) is 9.71. The Morgan fingerprint density at radius 3 is 2.93 bits per heavy atom. The van der Waals surface area contributed by atoms with E-state index in [1.165, 1.54) is 6.42 Å². The second-order valence-corrected chi connectivity index (χ2v) is 4.71. The van der Waals surface area contributed by atoms with Crippen molar-refractivity contribution in [2.45, 2.75) is 31.8 Å². The lowest BCUT2D eigenvalue weighted by Gasteiger charge is -2.50. The Labute approximate surface area is 82.8 Å². The molecule has 1 N–H and O–H groups in total. The average molecular weight is 194 g/mol. The quantitative estimate of drug-likeness (QED) is 0.363. The topological polar surface area (TPSA) is 46.5 Å². The number of hydrogen-bond donors (Lipinski definition) is 1. The summed E-state index contributed by atoms with van der Waals surface area (Å²) in [7, 11) is 0. The van der Waals surface area contributed by atoms with Crippen molar-refractivity contribution in [2.75, 3.05) is 0 Å². The molecule has 4 bridgehead atoms. The molecule has 4 atom stereocenters. The lowest BCUT2D eigenvalue weighted by atomic mass is 9.60. The molecule has 0 aromatic carbocycles. The zero-order valence-electron chi connectivity index (χ0n) is 7.98. The fraction of sp³-hybridized carbons (Fsp3) is 0.727. The normalized spacial score (nSPS) is 48.0. The molecule has 4 fully saturated rings. The summed E-state index contributed by atoms with van der Waals surface area (Å²) >= 11 is 0. The molecule has 1 aliphatic heterocycles. The van der Waals surface area contributed by atoms with Crippen molar-refractivity contribution in [2.24, 2.45) is 17.8 Å². The molecule has 0 radical (unpaired) electrons. The molecule has 4 aliphatic rings. The maximum absolute atomic E-state index is 11.5. The molecule has 0 spiro atoms. The minimum Gasteiger partial charge on any atom is -0.515 e. The minimum absolute atomic E-state index is 0.142. The maximum Gasteiger partial charge on any atom is 0.337 e.